The third-order valence-corrected chi connectivity index (χ3v) is 4.18. The zero-order chi connectivity index (χ0) is 13.2. The van der Waals surface area contributed by atoms with Gasteiger partial charge < -0.3 is 4.90 Å². The highest BCUT2D eigenvalue weighted by Crippen LogP contribution is 2.31. The lowest BCUT2D eigenvalue weighted by Crippen LogP contribution is -2.20. The van der Waals surface area contributed by atoms with Crippen LogP contribution in [0.15, 0.2) is 30.3 Å². The van der Waals surface area contributed by atoms with E-state index in [0.29, 0.717) is 0 Å². The molecule has 0 radical (unpaired) electrons. The van der Waals surface area contributed by atoms with E-state index in [1.807, 2.05) is 0 Å². The molecule has 1 aromatic carbocycles. The minimum atomic E-state index is 0.740. The van der Waals surface area contributed by atoms with Crippen molar-refractivity contribution in [3.05, 3.63) is 36.0 Å². The van der Waals surface area contributed by atoms with Crippen LogP contribution < -0.4 is 4.90 Å². The molecule has 0 bridgehead atoms. The van der Waals surface area contributed by atoms with Gasteiger partial charge in [-0.2, -0.15) is 0 Å². The van der Waals surface area contributed by atoms with Gasteiger partial charge in [-0.25, -0.2) is 0 Å². The Bertz CT molecular complexity index is 582. The number of aryl methyl sites for hydroxylation is 1. The van der Waals surface area contributed by atoms with E-state index in [0.717, 1.165) is 42.5 Å². The summed E-state index contributed by atoms with van der Waals surface area (Å²) in [5.41, 5.74) is 3.52. The quantitative estimate of drug-likeness (QED) is 0.787. The molecule has 2 nitrogen and oxygen atoms in total. The van der Waals surface area contributed by atoms with Gasteiger partial charge in [0.05, 0.1) is 5.52 Å². The minimum absolute atomic E-state index is 0.740. The monoisotopic (exact) mass is 274 g/mol. The molecule has 2 aromatic rings. The summed E-state index contributed by atoms with van der Waals surface area (Å²) in [6.07, 6.45) is 2.38. The van der Waals surface area contributed by atoms with Crippen molar-refractivity contribution < 1.29 is 0 Å². The van der Waals surface area contributed by atoms with Gasteiger partial charge in [-0.3, -0.25) is 4.98 Å². The number of aromatic nitrogens is 1. The molecule has 1 fully saturated rings. The Hall–Kier alpha value is -1.28. The Labute approximate surface area is 119 Å². The molecule has 0 saturated carbocycles. The van der Waals surface area contributed by atoms with Gasteiger partial charge >= 0.3 is 0 Å². The molecule has 2 heterocycles. The standard InChI is InChI=1S/C16H19ClN2/c1-12-10-16(14-4-2-3-5-15(14)18-12)19-9-7-13(11-19)6-8-17/h2-5,10,13H,6-9,11H2,1H3. The second-order valence-electron chi connectivity index (χ2n) is 5.38. The third kappa shape index (κ3) is 2.55. The number of alkyl halides is 1. The summed E-state index contributed by atoms with van der Waals surface area (Å²) in [5.74, 6) is 1.51. The van der Waals surface area contributed by atoms with Crippen LogP contribution in [0.1, 0.15) is 18.5 Å². The molecule has 19 heavy (non-hydrogen) atoms. The fraction of sp³-hybridized carbons (Fsp3) is 0.438. The molecule has 1 atom stereocenters. The summed E-state index contributed by atoms with van der Waals surface area (Å²) in [7, 11) is 0. The summed E-state index contributed by atoms with van der Waals surface area (Å²) < 4.78 is 0. The molecule has 1 aliphatic heterocycles. The van der Waals surface area contributed by atoms with E-state index in [1.165, 1.54) is 17.5 Å². The number of hydrogen-bond donors (Lipinski definition) is 0. The van der Waals surface area contributed by atoms with Crippen LogP contribution in [0, 0.1) is 12.8 Å². The van der Waals surface area contributed by atoms with E-state index in [2.05, 4.69) is 47.1 Å². The molecule has 100 valence electrons. The molecule has 1 aromatic heterocycles. The van der Waals surface area contributed by atoms with Crippen molar-refractivity contribution >= 4 is 28.2 Å². The van der Waals surface area contributed by atoms with E-state index < -0.39 is 0 Å². The molecule has 1 saturated heterocycles. The lowest BCUT2D eigenvalue weighted by atomic mass is 10.1. The molecule has 0 amide bonds. The van der Waals surface area contributed by atoms with E-state index in [-0.39, 0.29) is 0 Å². The maximum Gasteiger partial charge on any atom is 0.0726 e. The fourth-order valence-electron chi connectivity index (χ4n) is 2.99. The van der Waals surface area contributed by atoms with Gasteiger partial charge in [0.1, 0.15) is 0 Å². The molecule has 0 spiro atoms. The van der Waals surface area contributed by atoms with Crippen LogP contribution in [-0.2, 0) is 0 Å². The number of nitrogens with zero attached hydrogens (tertiary/aromatic N) is 2. The normalized spacial score (nSPS) is 19.3. The second kappa shape index (κ2) is 5.38. The predicted molar refractivity (Wildman–Crippen MR) is 82.1 cm³/mol. The van der Waals surface area contributed by atoms with Gasteiger partial charge in [0.2, 0.25) is 0 Å². The summed E-state index contributed by atoms with van der Waals surface area (Å²) in [6, 6.07) is 10.6. The molecule has 0 aliphatic carbocycles. The Morgan fingerprint density at radius 2 is 2.21 bits per heavy atom. The summed E-state index contributed by atoms with van der Waals surface area (Å²) in [4.78, 5) is 7.11. The topological polar surface area (TPSA) is 16.1 Å². The molecule has 0 N–H and O–H groups in total. The highest BCUT2D eigenvalue weighted by atomic mass is 35.5. The van der Waals surface area contributed by atoms with Gasteiger partial charge in [-0.1, -0.05) is 18.2 Å². The number of halogens is 1. The average Bonchev–Trinajstić information content (AvgIpc) is 2.86. The molecule has 3 rings (SSSR count). The zero-order valence-corrected chi connectivity index (χ0v) is 12.0. The molecular formula is C16H19ClN2. The Balaban J connectivity index is 1.96. The average molecular weight is 275 g/mol. The summed E-state index contributed by atoms with van der Waals surface area (Å²) in [6.45, 7) is 4.33. The third-order valence-electron chi connectivity index (χ3n) is 3.97. The number of benzene rings is 1. The van der Waals surface area contributed by atoms with E-state index in [9.17, 15) is 0 Å². The number of para-hydroxylation sites is 1. The van der Waals surface area contributed by atoms with Crippen LogP contribution >= 0.6 is 11.6 Å². The molecular weight excluding hydrogens is 256 g/mol. The van der Waals surface area contributed by atoms with Crippen molar-refractivity contribution in [1.82, 2.24) is 4.98 Å². The molecule has 1 unspecified atom stereocenters. The van der Waals surface area contributed by atoms with Crippen LogP contribution in [0.3, 0.4) is 0 Å². The molecule has 1 aliphatic rings. The van der Waals surface area contributed by atoms with Crippen LogP contribution in [0.2, 0.25) is 0 Å². The Morgan fingerprint density at radius 3 is 3.05 bits per heavy atom. The van der Waals surface area contributed by atoms with Crippen molar-refractivity contribution in [3.63, 3.8) is 0 Å². The van der Waals surface area contributed by atoms with Gasteiger partial charge in [-0.15, -0.1) is 11.6 Å². The van der Waals surface area contributed by atoms with Crippen LogP contribution in [0.4, 0.5) is 5.69 Å². The number of rotatable bonds is 3. The zero-order valence-electron chi connectivity index (χ0n) is 11.3. The number of pyridine rings is 1. The largest absolute Gasteiger partial charge is 0.371 e. The first-order chi connectivity index (χ1) is 9.28. The first-order valence-electron chi connectivity index (χ1n) is 6.95. The maximum atomic E-state index is 5.87. The van der Waals surface area contributed by atoms with E-state index in [1.54, 1.807) is 0 Å². The van der Waals surface area contributed by atoms with E-state index in [4.69, 9.17) is 11.6 Å². The maximum absolute atomic E-state index is 5.87. The highest BCUT2D eigenvalue weighted by Gasteiger charge is 2.23. The van der Waals surface area contributed by atoms with Crippen molar-refractivity contribution in [2.24, 2.45) is 5.92 Å². The van der Waals surface area contributed by atoms with Gasteiger partial charge in [-0.05, 0) is 37.8 Å². The van der Waals surface area contributed by atoms with E-state index >= 15 is 0 Å². The van der Waals surface area contributed by atoms with Crippen LogP contribution in [-0.4, -0.2) is 24.0 Å². The number of hydrogen-bond acceptors (Lipinski definition) is 2. The Kier molecular flexibility index (Phi) is 3.61. The van der Waals surface area contributed by atoms with Gasteiger partial charge in [0.25, 0.3) is 0 Å². The van der Waals surface area contributed by atoms with Crippen molar-refractivity contribution in [2.45, 2.75) is 19.8 Å². The van der Waals surface area contributed by atoms with Crippen molar-refractivity contribution in [3.8, 4) is 0 Å². The highest BCUT2D eigenvalue weighted by molar-refractivity contribution is 6.17. The summed E-state index contributed by atoms with van der Waals surface area (Å²) >= 11 is 5.87. The first kappa shape index (κ1) is 12.7. The SMILES string of the molecule is Cc1cc(N2CCC(CCCl)C2)c2ccccc2n1. The van der Waals surface area contributed by atoms with Crippen LogP contribution in [0.25, 0.3) is 10.9 Å². The number of fused-ring (bicyclic) bond motifs is 1. The lowest BCUT2D eigenvalue weighted by Gasteiger charge is -2.21. The predicted octanol–water partition coefficient (Wildman–Crippen LogP) is 4.00. The van der Waals surface area contributed by atoms with Gasteiger partial charge in [0.15, 0.2) is 0 Å². The summed E-state index contributed by atoms with van der Waals surface area (Å²) in [5, 5.41) is 1.26. The number of anilines is 1. The lowest BCUT2D eigenvalue weighted by molar-refractivity contribution is 0.572. The van der Waals surface area contributed by atoms with Gasteiger partial charge in [0, 0.05) is 35.7 Å². The molecule has 3 heteroatoms. The van der Waals surface area contributed by atoms with Crippen LogP contribution in [0.5, 0.6) is 0 Å². The van der Waals surface area contributed by atoms with Crippen molar-refractivity contribution in [2.75, 3.05) is 23.9 Å². The minimum Gasteiger partial charge on any atom is -0.371 e. The smallest absolute Gasteiger partial charge is 0.0726 e. The second-order valence-corrected chi connectivity index (χ2v) is 5.76. The fourth-order valence-corrected chi connectivity index (χ4v) is 3.30. The van der Waals surface area contributed by atoms with Crippen molar-refractivity contribution in [1.29, 1.82) is 0 Å². The Morgan fingerprint density at radius 1 is 1.37 bits per heavy atom. The first-order valence-corrected chi connectivity index (χ1v) is 7.48.